The number of methoxy groups -OCH3 is 1. The number of aromatic nitrogens is 2. The van der Waals surface area contributed by atoms with E-state index >= 15 is 0 Å². The lowest BCUT2D eigenvalue weighted by molar-refractivity contribution is 0.414. The molecule has 1 N–H and O–H groups in total. The van der Waals surface area contributed by atoms with Crippen molar-refractivity contribution in [3.63, 3.8) is 0 Å². The van der Waals surface area contributed by atoms with Crippen molar-refractivity contribution in [1.29, 1.82) is 0 Å². The summed E-state index contributed by atoms with van der Waals surface area (Å²) in [5, 5.41) is 0.590. The van der Waals surface area contributed by atoms with Gasteiger partial charge < -0.3 is 9.72 Å². The van der Waals surface area contributed by atoms with Gasteiger partial charge in [-0.05, 0) is 30.4 Å². The number of rotatable bonds is 3. The van der Waals surface area contributed by atoms with Crippen LogP contribution >= 0.6 is 0 Å². The zero-order valence-corrected chi connectivity index (χ0v) is 11.5. The molecule has 104 valence electrons. The summed E-state index contributed by atoms with van der Waals surface area (Å²) in [6.45, 7) is 0. The molecule has 4 nitrogen and oxygen atoms in total. The molecule has 0 fully saturated rings. The number of ether oxygens (including phenoxy) is 1. The maximum absolute atomic E-state index is 12.0. The van der Waals surface area contributed by atoms with Gasteiger partial charge in [0.1, 0.15) is 11.6 Å². The summed E-state index contributed by atoms with van der Waals surface area (Å²) in [6, 6.07) is 14.9. The van der Waals surface area contributed by atoms with Gasteiger partial charge in [0.05, 0.1) is 18.0 Å². The summed E-state index contributed by atoms with van der Waals surface area (Å²) < 4.78 is 5.28. The molecular weight excluding hydrogens is 264 g/mol. The van der Waals surface area contributed by atoms with Gasteiger partial charge in [0, 0.05) is 5.56 Å². The standard InChI is InChI=1S/C17H14N2O2/c1-21-15-9-5-2-6-12(15)10-11-16-18-14-8-4-3-7-13(14)17(20)19-16/h2-11H,1H3,(H,18,19,20)/b11-10+. The van der Waals surface area contributed by atoms with E-state index in [9.17, 15) is 4.79 Å². The van der Waals surface area contributed by atoms with Crippen LogP contribution in [0, 0.1) is 0 Å². The molecule has 4 heteroatoms. The summed E-state index contributed by atoms with van der Waals surface area (Å²) in [5.74, 6) is 1.29. The van der Waals surface area contributed by atoms with E-state index in [2.05, 4.69) is 9.97 Å². The lowest BCUT2D eigenvalue weighted by Gasteiger charge is -2.03. The Labute approximate surface area is 121 Å². The van der Waals surface area contributed by atoms with Crippen LogP contribution < -0.4 is 10.3 Å². The third-order valence-electron chi connectivity index (χ3n) is 3.19. The highest BCUT2D eigenvalue weighted by molar-refractivity contribution is 5.79. The molecule has 0 atom stereocenters. The summed E-state index contributed by atoms with van der Waals surface area (Å²) in [4.78, 5) is 19.2. The Kier molecular flexibility index (Phi) is 3.51. The average molecular weight is 278 g/mol. The number of hydrogen-bond acceptors (Lipinski definition) is 3. The number of benzene rings is 2. The van der Waals surface area contributed by atoms with Crippen LogP contribution in [0.4, 0.5) is 0 Å². The van der Waals surface area contributed by atoms with Gasteiger partial charge >= 0.3 is 0 Å². The molecule has 0 aliphatic heterocycles. The number of nitrogens with one attached hydrogen (secondary N) is 1. The Bertz CT molecular complexity index is 866. The van der Waals surface area contributed by atoms with Gasteiger partial charge in [0.2, 0.25) is 0 Å². The second kappa shape index (κ2) is 5.63. The van der Waals surface area contributed by atoms with Crippen LogP contribution in [-0.2, 0) is 0 Å². The smallest absolute Gasteiger partial charge is 0.259 e. The topological polar surface area (TPSA) is 55.0 Å². The molecule has 0 spiro atoms. The van der Waals surface area contributed by atoms with Crippen molar-refractivity contribution in [3.05, 3.63) is 70.3 Å². The van der Waals surface area contributed by atoms with Crippen LogP contribution in [0.2, 0.25) is 0 Å². The van der Waals surface area contributed by atoms with Crippen molar-refractivity contribution in [2.75, 3.05) is 7.11 Å². The van der Waals surface area contributed by atoms with Gasteiger partial charge in [-0.3, -0.25) is 4.79 Å². The van der Waals surface area contributed by atoms with E-state index < -0.39 is 0 Å². The van der Waals surface area contributed by atoms with Crippen molar-refractivity contribution < 1.29 is 4.74 Å². The number of nitrogens with zero attached hydrogens (tertiary/aromatic N) is 1. The summed E-state index contributed by atoms with van der Waals surface area (Å²) in [7, 11) is 1.63. The number of H-pyrrole nitrogens is 1. The molecule has 0 radical (unpaired) electrons. The summed E-state index contributed by atoms with van der Waals surface area (Å²) in [6.07, 6.45) is 3.64. The van der Waals surface area contributed by atoms with Crippen LogP contribution in [0.15, 0.2) is 53.3 Å². The first-order valence-electron chi connectivity index (χ1n) is 6.58. The Hall–Kier alpha value is -2.88. The largest absolute Gasteiger partial charge is 0.496 e. The normalized spacial score (nSPS) is 11.1. The SMILES string of the molecule is COc1ccccc1/C=C/c1nc2ccccc2c(=O)[nH]1. The van der Waals surface area contributed by atoms with Crippen molar-refractivity contribution in [2.45, 2.75) is 0 Å². The fourth-order valence-electron chi connectivity index (χ4n) is 2.16. The molecule has 0 bridgehead atoms. The molecule has 0 amide bonds. The maximum Gasteiger partial charge on any atom is 0.259 e. The summed E-state index contributed by atoms with van der Waals surface area (Å²) in [5.41, 5.74) is 1.47. The second-order valence-electron chi connectivity index (χ2n) is 4.54. The molecular formula is C17H14N2O2. The van der Waals surface area contributed by atoms with E-state index in [0.717, 1.165) is 11.3 Å². The molecule has 21 heavy (non-hydrogen) atoms. The van der Waals surface area contributed by atoms with Crippen LogP contribution in [0.3, 0.4) is 0 Å². The molecule has 3 rings (SSSR count). The van der Waals surface area contributed by atoms with Crippen LogP contribution in [0.5, 0.6) is 5.75 Å². The molecule has 0 aliphatic carbocycles. The zero-order valence-electron chi connectivity index (χ0n) is 11.5. The minimum absolute atomic E-state index is 0.139. The Morgan fingerprint density at radius 1 is 1.05 bits per heavy atom. The Morgan fingerprint density at radius 3 is 2.67 bits per heavy atom. The summed E-state index contributed by atoms with van der Waals surface area (Å²) >= 11 is 0. The second-order valence-corrected chi connectivity index (χ2v) is 4.54. The third-order valence-corrected chi connectivity index (χ3v) is 3.19. The van der Waals surface area contributed by atoms with Crippen molar-refractivity contribution in [2.24, 2.45) is 0 Å². The fourth-order valence-corrected chi connectivity index (χ4v) is 2.16. The molecule has 1 heterocycles. The van der Waals surface area contributed by atoms with Crippen LogP contribution in [-0.4, -0.2) is 17.1 Å². The molecule has 0 saturated heterocycles. The van der Waals surface area contributed by atoms with E-state index in [0.29, 0.717) is 16.7 Å². The van der Waals surface area contributed by atoms with Crippen LogP contribution in [0.1, 0.15) is 11.4 Å². The minimum atomic E-state index is -0.139. The fraction of sp³-hybridized carbons (Fsp3) is 0.0588. The first-order valence-corrected chi connectivity index (χ1v) is 6.58. The van der Waals surface area contributed by atoms with Gasteiger partial charge in [-0.25, -0.2) is 4.98 Å². The maximum atomic E-state index is 12.0. The lowest BCUT2D eigenvalue weighted by atomic mass is 10.2. The van der Waals surface area contributed by atoms with Crippen molar-refractivity contribution >= 4 is 23.1 Å². The first kappa shape index (κ1) is 13.1. The number of aromatic amines is 1. The van der Waals surface area contributed by atoms with Crippen molar-refractivity contribution in [3.8, 4) is 5.75 Å². The van der Waals surface area contributed by atoms with E-state index in [1.54, 1.807) is 19.3 Å². The Morgan fingerprint density at radius 2 is 1.81 bits per heavy atom. The molecule has 1 aromatic heterocycles. The van der Waals surface area contributed by atoms with Gasteiger partial charge in [-0.1, -0.05) is 30.3 Å². The third kappa shape index (κ3) is 2.69. The Balaban J connectivity index is 2.02. The molecule has 0 unspecified atom stereocenters. The predicted molar refractivity (Wildman–Crippen MR) is 84.3 cm³/mol. The number of hydrogen-bond donors (Lipinski definition) is 1. The highest BCUT2D eigenvalue weighted by Gasteiger charge is 2.01. The lowest BCUT2D eigenvalue weighted by Crippen LogP contribution is -2.09. The molecule has 3 aromatic rings. The van der Waals surface area contributed by atoms with E-state index in [-0.39, 0.29) is 5.56 Å². The van der Waals surface area contributed by atoms with E-state index in [1.807, 2.05) is 48.5 Å². The minimum Gasteiger partial charge on any atom is -0.496 e. The monoisotopic (exact) mass is 278 g/mol. The van der Waals surface area contributed by atoms with Crippen molar-refractivity contribution in [1.82, 2.24) is 9.97 Å². The van der Waals surface area contributed by atoms with Gasteiger partial charge in [0.15, 0.2) is 0 Å². The molecule has 0 aliphatic rings. The number of para-hydroxylation sites is 2. The van der Waals surface area contributed by atoms with Gasteiger partial charge in [-0.15, -0.1) is 0 Å². The molecule has 0 saturated carbocycles. The van der Waals surface area contributed by atoms with Gasteiger partial charge in [0.25, 0.3) is 5.56 Å². The zero-order chi connectivity index (χ0) is 14.7. The number of fused-ring (bicyclic) bond motifs is 1. The molecule has 2 aromatic carbocycles. The average Bonchev–Trinajstić information content (AvgIpc) is 2.53. The quantitative estimate of drug-likeness (QED) is 0.801. The van der Waals surface area contributed by atoms with E-state index in [4.69, 9.17) is 4.74 Å². The highest BCUT2D eigenvalue weighted by atomic mass is 16.5. The first-order chi connectivity index (χ1) is 10.3. The van der Waals surface area contributed by atoms with E-state index in [1.165, 1.54) is 0 Å². The van der Waals surface area contributed by atoms with Gasteiger partial charge in [-0.2, -0.15) is 0 Å². The highest BCUT2D eigenvalue weighted by Crippen LogP contribution is 2.19. The predicted octanol–water partition coefficient (Wildman–Crippen LogP) is 3.10. The van der Waals surface area contributed by atoms with Crippen LogP contribution in [0.25, 0.3) is 23.1 Å².